The van der Waals surface area contributed by atoms with Crippen molar-refractivity contribution in [2.75, 3.05) is 11.9 Å². The van der Waals surface area contributed by atoms with Crippen molar-refractivity contribution in [3.63, 3.8) is 0 Å². The molecule has 182 valence electrons. The second-order valence-corrected chi connectivity index (χ2v) is 8.46. The summed E-state index contributed by atoms with van der Waals surface area (Å²) in [6, 6.07) is 15.8. The van der Waals surface area contributed by atoms with E-state index in [1.807, 2.05) is 32.0 Å². The zero-order valence-electron chi connectivity index (χ0n) is 20.0. The minimum atomic E-state index is -0.538. The first-order valence-electron chi connectivity index (χ1n) is 11.5. The number of rotatable bonds is 8. The highest BCUT2D eigenvalue weighted by Crippen LogP contribution is 2.13. The number of nitrogens with one attached hydrogen (secondary N) is 1. The molecule has 4 rings (SSSR count). The number of aryl methyl sites for hydroxylation is 1. The lowest BCUT2D eigenvalue weighted by molar-refractivity contribution is -0.122. The second kappa shape index (κ2) is 9.96. The third-order valence-corrected chi connectivity index (χ3v) is 6.07. The Balaban J connectivity index is 1.74. The van der Waals surface area contributed by atoms with Crippen LogP contribution < -0.4 is 21.5 Å². The molecule has 10 nitrogen and oxygen atoms in total. The van der Waals surface area contributed by atoms with E-state index in [-0.39, 0.29) is 48.7 Å². The van der Waals surface area contributed by atoms with Crippen molar-refractivity contribution in [1.82, 2.24) is 24.1 Å². The fourth-order valence-electron chi connectivity index (χ4n) is 3.86. The van der Waals surface area contributed by atoms with Gasteiger partial charge in [-0.05, 0) is 37.6 Å². The van der Waals surface area contributed by atoms with Crippen LogP contribution in [0.15, 0.2) is 64.2 Å². The maximum absolute atomic E-state index is 13.3. The molecular formula is C25H28N6O4. The molecule has 1 unspecified atom stereocenters. The number of fused-ring (bicyclic) bond motifs is 3. The predicted octanol–water partition coefficient (Wildman–Crippen LogP) is 1.78. The zero-order chi connectivity index (χ0) is 25.1. The summed E-state index contributed by atoms with van der Waals surface area (Å²) in [5.41, 5.74) is 0.190. The van der Waals surface area contributed by atoms with E-state index in [0.717, 1.165) is 11.1 Å². The monoisotopic (exact) mass is 476 g/mol. The third kappa shape index (κ3) is 4.72. The van der Waals surface area contributed by atoms with Gasteiger partial charge in [0.25, 0.3) is 5.56 Å². The molecule has 0 radical (unpaired) electrons. The van der Waals surface area contributed by atoms with Crippen LogP contribution in [-0.4, -0.2) is 43.7 Å². The number of nitrogens with zero attached hydrogens (tertiary/aromatic N) is 5. The van der Waals surface area contributed by atoms with E-state index in [9.17, 15) is 19.2 Å². The van der Waals surface area contributed by atoms with Crippen LogP contribution in [0, 0.1) is 0 Å². The number of likely N-dealkylation sites (N-methyl/N-ethyl adjacent to an activating group) is 1. The second-order valence-electron chi connectivity index (χ2n) is 8.46. The third-order valence-electron chi connectivity index (χ3n) is 6.07. The van der Waals surface area contributed by atoms with E-state index >= 15 is 0 Å². The van der Waals surface area contributed by atoms with Gasteiger partial charge >= 0.3 is 5.69 Å². The summed E-state index contributed by atoms with van der Waals surface area (Å²) in [4.78, 5) is 53.3. The number of amides is 2. The van der Waals surface area contributed by atoms with Crippen molar-refractivity contribution >= 4 is 34.2 Å². The van der Waals surface area contributed by atoms with Gasteiger partial charge in [0.15, 0.2) is 0 Å². The predicted molar refractivity (Wildman–Crippen MR) is 134 cm³/mol. The number of benzene rings is 2. The van der Waals surface area contributed by atoms with Crippen LogP contribution in [0.2, 0.25) is 0 Å². The van der Waals surface area contributed by atoms with Crippen molar-refractivity contribution in [3.8, 4) is 0 Å². The van der Waals surface area contributed by atoms with E-state index in [1.54, 1.807) is 43.4 Å². The number of anilines is 1. The first kappa shape index (κ1) is 23.9. The molecule has 0 saturated carbocycles. The molecule has 2 amide bonds. The summed E-state index contributed by atoms with van der Waals surface area (Å²) in [5, 5.41) is 7.55. The number of aromatic nitrogens is 4. The van der Waals surface area contributed by atoms with E-state index in [4.69, 9.17) is 0 Å². The van der Waals surface area contributed by atoms with E-state index in [1.165, 1.54) is 13.9 Å². The molecule has 1 atom stereocenters. The van der Waals surface area contributed by atoms with Crippen LogP contribution in [-0.2, 0) is 22.7 Å². The Morgan fingerprint density at radius 1 is 1.06 bits per heavy atom. The summed E-state index contributed by atoms with van der Waals surface area (Å²) in [5.74, 6) is -0.447. The van der Waals surface area contributed by atoms with Crippen LogP contribution in [0.5, 0.6) is 0 Å². The maximum Gasteiger partial charge on any atom is 0.352 e. The molecular weight excluding hydrogens is 448 g/mol. The molecule has 0 spiro atoms. The molecule has 2 aromatic heterocycles. The lowest BCUT2D eigenvalue weighted by Gasteiger charge is -2.16. The first-order valence-corrected chi connectivity index (χ1v) is 11.5. The van der Waals surface area contributed by atoms with Gasteiger partial charge in [-0.3, -0.25) is 19.0 Å². The van der Waals surface area contributed by atoms with Crippen molar-refractivity contribution in [1.29, 1.82) is 0 Å². The van der Waals surface area contributed by atoms with Crippen LogP contribution in [0.1, 0.15) is 26.7 Å². The molecule has 1 N–H and O–H groups in total. The Bertz CT molecular complexity index is 1500. The molecule has 4 aromatic rings. The van der Waals surface area contributed by atoms with Gasteiger partial charge in [0.05, 0.1) is 10.9 Å². The molecule has 0 aliphatic heterocycles. The highest BCUT2D eigenvalue weighted by molar-refractivity contribution is 5.92. The Morgan fingerprint density at radius 2 is 1.74 bits per heavy atom. The van der Waals surface area contributed by atoms with Crippen LogP contribution in [0.3, 0.4) is 0 Å². The lowest BCUT2D eigenvalue weighted by Crippen LogP contribution is -2.34. The van der Waals surface area contributed by atoms with Crippen LogP contribution >= 0.6 is 0 Å². The van der Waals surface area contributed by atoms with Gasteiger partial charge in [-0.15, -0.1) is 5.10 Å². The van der Waals surface area contributed by atoms with Crippen molar-refractivity contribution in [2.24, 2.45) is 0 Å². The summed E-state index contributed by atoms with van der Waals surface area (Å²) in [7, 11) is 1.62. The molecule has 2 heterocycles. The van der Waals surface area contributed by atoms with Gasteiger partial charge in [-0.2, -0.15) is 0 Å². The van der Waals surface area contributed by atoms with Crippen LogP contribution in [0.25, 0.3) is 16.7 Å². The quantitative estimate of drug-likeness (QED) is 0.417. The number of para-hydroxylation sites is 2. The minimum absolute atomic E-state index is 0.0188. The number of carbonyl (C=O) groups excluding carboxylic acids is 2. The fraction of sp³-hybridized carbons (Fsp3) is 0.320. The van der Waals surface area contributed by atoms with Gasteiger partial charge in [0.1, 0.15) is 6.54 Å². The fourth-order valence-corrected chi connectivity index (χ4v) is 3.86. The number of hydrogen-bond acceptors (Lipinski definition) is 5. The maximum atomic E-state index is 13.3. The smallest absolute Gasteiger partial charge is 0.352 e. The molecule has 35 heavy (non-hydrogen) atoms. The molecule has 0 fully saturated rings. The molecule has 0 bridgehead atoms. The average Bonchev–Trinajstić information content (AvgIpc) is 3.19. The van der Waals surface area contributed by atoms with Crippen molar-refractivity contribution in [2.45, 2.75) is 45.8 Å². The highest BCUT2D eigenvalue weighted by Gasteiger charge is 2.20. The average molecular weight is 477 g/mol. The van der Waals surface area contributed by atoms with Gasteiger partial charge in [-0.1, -0.05) is 37.3 Å². The van der Waals surface area contributed by atoms with E-state index < -0.39 is 5.69 Å². The number of hydrogen-bond donors (Lipinski definition) is 1. The van der Waals surface area contributed by atoms with Gasteiger partial charge in [0, 0.05) is 31.7 Å². The van der Waals surface area contributed by atoms with E-state index in [2.05, 4.69) is 10.4 Å². The summed E-state index contributed by atoms with van der Waals surface area (Å²) in [6.07, 6.45) is 0.839. The lowest BCUT2D eigenvalue weighted by atomic mass is 10.2. The molecule has 10 heteroatoms. The Labute approximate surface area is 201 Å². The van der Waals surface area contributed by atoms with Gasteiger partial charge < -0.3 is 10.2 Å². The largest absolute Gasteiger partial charge is 0.354 e. The summed E-state index contributed by atoms with van der Waals surface area (Å²) >= 11 is 0. The Hall–Kier alpha value is -4.21. The minimum Gasteiger partial charge on any atom is -0.354 e. The SMILES string of the molecule is CCC(C)NC(=O)CCn1c(=O)c2ccccc2n2c(=O)n(CC(=O)N(C)c3ccccc3)nc12. The van der Waals surface area contributed by atoms with Gasteiger partial charge in [0.2, 0.25) is 17.6 Å². The topological polar surface area (TPSA) is 111 Å². The number of carbonyl (C=O) groups is 2. The molecule has 0 aliphatic carbocycles. The molecule has 0 saturated heterocycles. The van der Waals surface area contributed by atoms with Crippen molar-refractivity contribution < 1.29 is 9.59 Å². The highest BCUT2D eigenvalue weighted by atomic mass is 16.2. The van der Waals surface area contributed by atoms with Crippen molar-refractivity contribution in [3.05, 3.63) is 75.4 Å². The Morgan fingerprint density at radius 3 is 2.46 bits per heavy atom. The van der Waals surface area contributed by atoms with Crippen LogP contribution in [0.4, 0.5) is 5.69 Å². The zero-order valence-corrected chi connectivity index (χ0v) is 20.0. The summed E-state index contributed by atoms with van der Waals surface area (Å²) < 4.78 is 3.69. The molecule has 2 aromatic carbocycles. The standard InChI is InChI=1S/C25H28N6O4/c1-4-17(2)26-21(32)14-15-29-23(34)19-12-8-9-13-20(19)31-24(29)27-30(25(31)35)16-22(33)28(3)18-10-6-5-7-11-18/h5-13,17H,4,14-16H2,1-3H3,(H,26,32). The molecule has 0 aliphatic rings. The van der Waals surface area contributed by atoms with E-state index in [0.29, 0.717) is 16.6 Å². The summed E-state index contributed by atoms with van der Waals surface area (Å²) in [6.45, 7) is 3.62. The first-order chi connectivity index (χ1) is 16.8. The Kier molecular flexibility index (Phi) is 6.81. The van der Waals surface area contributed by atoms with Gasteiger partial charge in [-0.25, -0.2) is 13.9 Å². The normalized spacial score (nSPS) is 12.1.